The summed E-state index contributed by atoms with van der Waals surface area (Å²) in [4.78, 5) is 17.2. The summed E-state index contributed by atoms with van der Waals surface area (Å²) >= 11 is 0. The normalized spacial score (nSPS) is 24.2. The molecule has 114 valence electrons. The molecule has 3 heterocycles. The van der Waals surface area contributed by atoms with Crippen molar-refractivity contribution in [2.45, 2.75) is 25.3 Å². The Bertz CT molecular complexity index is 708. The number of hydrogen-bond donors (Lipinski definition) is 0. The smallest absolute Gasteiger partial charge is 0.294 e. The summed E-state index contributed by atoms with van der Waals surface area (Å²) in [6.45, 7) is 4.14. The average molecular weight is 296 g/mol. The molecule has 4 rings (SSSR count). The van der Waals surface area contributed by atoms with Gasteiger partial charge in [0.2, 0.25) is 0 Å². The van der Waals surface area contributed by atoms with Gasteiger partial charge in [0.1, 0.15) is 0 Å². The molecular weight excluding hydrogens is 276 g/mol. The Hall–Kier alpha value is -2.07. The molecule has 0 unspecified atom stereocenters. The minimum absolute atomic E-state index is 0.0212. The number of rotatable bonds is 1. The number of nitrogens with zero attached hydrogens (tertiary/aromatic N) is 2. The summed E-state index contributed by atoms with van der Waals surface area (Å²) in [7, 11) is 2.16. The number of amides is 1. The van der Waals surface area contributed by atoms with Crippen LogP contribution in [0.5, 0.6) is 0 Å². The number of carbonyl (C=O) groups is 1. The van der Waals surface area contributed by atoms with Gasteiger partial charge in [0, 0.05) is 24.2 Å². The third-order valence-corrected chi connectivity index (χ3v) is 4.90. The zero-order valence-electron chi connectivity index (χ0n) is 13.0. The van der Waals surface area contributed by atoms with E-state index in [0.29, 0.717) is 11.7 Å². The van der Waals surface area contributed by atoms with Crippen molar-refractivity contribution in [1.29, 1.82) is 0 Å². The average Bonchev–Trinajstić information content (AvgIpc) is 3.13. The van der Waals surface area contributed by atoms with E-state index < -0.39 is 0 Å². The molecule has 1 aromatic carbocycles. The fraction of sp³-hybridized carbons (Fsp3) is 0.389. The second kappa shape index (κ2) is 4.99. The lowest BCUT2D eigenvalue weighted by Crippen LogP contribution is -2.47. The summed E-state index contributed by atoms with van der Waals surface area (Å²) in [6, 6.07) is 10.2. The number of carbonyl (C=O) groups excluding carboxylic acids is 1. The van der Waals surface area contributed by atoms with Crippen molar-refractivity contribution in [3.8, 4) is 0 Å². The topological polar surface area (TPSA) is 36.7 Å². The third-order valence-electron chi connectivity index (χ3n) is 4.90. The van der Waals surface area contributed by atoms with Crippen LogP contribution in [-0.2, 0) is 0 Å². The lowest BCUT2D eigenvalue weighted by Gasteiger charge is -2.36. The Morgan fingerprint density at radius 2 is 2.18 bits per heavy atom. The largest absolute Gasteiger partial charge is 0.459 e. The van der Waals surface area contributed by atoms with Crippen LogP contribution in [0.2, 0.25) is 0 Å². The molecule has 2 atom stereocenters. The molecule has 2 aliphatic rings. The zero-order chi connectivity index (χ0) is 15.3. The number of hydrogen-bond acceptors (Lipinski definition) is 3. The maximum Gasteiger partial charge on any atom is 0.294 e. The van der Waals surface area contributed by atoms with Crippen LogP contribution in [0.25, 0.3) is 0 Å². The fourth-order valence-electron chi connectivity index (χ4n) is 3.87. The molecule has 0 aliphatic carbocycles. The highest BCUT2D eigenvalue weighted by Crippen LogP contribution is 2.45. The molecule has 0 radical (unpaired) electrons. The molecule has 1 aromatic heterocycles. The van der Waals surface area contributed by atoms with Crippen LogP contribution < -0.4 is 4.90 Å². The summed E-state index contributed by atoms with van der Waals surface area (Å²) in [6.07, 6.45) is 2.56. The molecule has 0 N–H and O–H groups in total. The second-order valence-electron chi connectivity index (χ2n) is 6.44. The minimum atomic E-state index is -0.0212. The lowest BCUT2D eigenvalue weighted by atomic mass is 9.89. The Balaban J connectivity index is 1.80. The zero-order valence-corrected chi connectivity index (χ0v) is 13.0. The molecule has 1 amide bonds. The van der Waals surface area contributed by atoms with Gasteiger partial charge in [0.05, 0.1) is 6.26 Å². The van der Waals surface area contributed by atoms with Gasteiger partial charge in [-0.1, -0.05) is 17.7 Å². The SMILES string of the molecule is Cc1ccc2c(c1)[C@H]1CN(C)CC[C@@H]1N2C(=O)c1ccco1. The maximum absolute atomic E-state index is 12.9. The van der Waals surface area contributed by atoms with E-state index in [4.69, 9.17) is 4.42 Å². The number of benzene rings is 1. The number of fused-ring (bicyclic) bond motifs is 3. The number of furan rings is 1. The van der Waals surface area contributed by atoms with Gasteiger partial charge in [-0.05, 0) is 50.7 Å². The molecule has 2 aromatic rings. The quantitative estimate of drug-likeness (QED) is 0.811. The predicted octanol–water partition coefficient (Wildman–Crippen LogP) is 3.04. The van der Waals surface area contributed by atoms with E-state index in [2.05, 4.69) is 37.1 Å². The maximum atomic E-state index is 12.9. The van der Waals surface area contributed by atoms with Gasteiger partial charge in [-0.2, -0.15) is 0 Å². The molecular formula is C18H20N2O2. The molecule has 4 nitrogen and oxygen atoms in total. The van der Waals surface area contributed by atoms with Crippen molar-refractivity contribution in [3.63, 3.8) is 0 Å². The highest BCUT2D eigenvalue weighted by atomic mass is 16.3. The van der Waals surface area contributed by atoms with Gasteiger partial charge >= 0.3 is 0 Å². The molecule has 0 bridgehead atoms. The minimum Gasteiger partial charge on any atom is -0.459 e. The van der Waals surface area contributed by atoms with Gasteiger partial charge in [0.25, 0.3) is 5.91 Å². The van der Waals surface area contributed by atoms with Crippen LogP contribution in [0, 0.1) is 6.92 Å². The number of aryl methyl sites for hydroxylation is 1. The van der Waals surface area contributed by atoms with Crippen molar-refractivity contribution in [2.75, 3.05) is 25.0 Å². The summed E-state index contributed by atoms with van der Waals surface area (Å²) < 4.78 is 5.35. The van der Waals surface area contributed by atoms with E-state index in [0.717, 1.165) is 25.2 Å². The molecule has 2 aliphatic heterocycles. The first-order valence-corrected chi connectivity index (χ1v) is 7.81. The van der Waals surface area contributed by atoms with E-state index in [-0.39, 0.29) is 11.9 Å². The number of anilines is 1. The van der Waals surface area contributed by atoms with Crippen LogP contribution in [0.1, 0.15) is 34.0 Å². The Morgan fingerprint density at radius 1 is 1.32 bits per heavy atom. The van der Waals surface area contributed by atoms with Gasteiger partial charge in [-0.25, -0.2) is 0 Å². The molecule has 22 heavy (non-hydrogen) atoms. The molecule has 4 heteroatoms. The molecule has 1 fully saturated rings. The van der Waals surface area contributed by atoms with E-state index in [9.17, 15) is 4.79 Å². The summed E-state index contributed by atoms with van der Waals surface area (Å²) in [5.41, 5.74) is 3.60. The molecule has 1 saturated heterocycles. The highest BCUT2D eigenvalue weighted by molar-refractivity contribution is 6.06. The van der Waals surface area contributed by atoms with E-state index in [1.54, 1.807) is 18.4 Å². The van der Waals surface area contributed by atoms with Gasteiger partial charge in [-0.3, -0.25) is 4.79 Å². The van der Waals surface area contributed by atoms with Crippen LogP contribution >= 0.6 is 0 Å². The monoisotopic (exact) mass is 296 g/mol. The Labute approximate surface area is 130 Å². The van der Waals surface area contributed by atoms with E-state index in [1.807, 2.05) is 4.90 Å². The Kier molecular flexibility index (Phi) is 3.08. The standard InChI is InChI=1S/C18H20N2O2/c1-12-5-6-15-13(10-12)14-11-19(2)8-7-16(14)20(15)18(21)17-4-3-9-22-17/h3-6,9-10,14,16H,7-8,11H2,1-2H3/t14-,16+/m1/s1. The molecule has 0 spiro atoms. The van der Waals surface area contributed by atoms with Crippen molar-refractivity contribution in [1.82, 2.24) is 4.90 Å². The van der Waals surface area contributed by atoms with E-state index in [1.165, 1.54) is 11.1 Å². The summed E-state index contributed by atoms with van der Waals surface area (Å²) in [5.74, 6) is 0.797. The van der Waals surface area contributed by atoms with Crippen LogP contribution in [-0.4, -0.2) is 37.0 Å². The van der Waals surface area contributed by atoms with Crippen molar-refractivity contribution >= 4 is 11.6 Å². The number of likely N-dealkylation sites (N-methyl/N-ethyl adjacent to an activating group) is 1. The fourth-order valence-corrected chi connectivity index (χ4v) is 3.87. The second-order valence-corrected chi connectivity index (χ2v) is 6.44. The van der Waals surface area contributed by atoms with Crippen molar-refractivity contribution in [3.05, 3.63) is 53.5 Å². The van der Waals surface area contributed by atoms with E-state index >= 15 is 0 Å². The van der Waals surface area contributed by atoms with Gasteiger partial charge < -0.3 is 14.2 Å². The third kappa shape index (κ3) is 1.98. The molecule has 0 saturated carbocycles. The lowest BCUT2D eigenvalue weighted by molar-refractivity contribution is 0.0938. The first kappa shape index (κ1) is 13.6. The number of likely N-dealkylation sites (tertiary alicyclic amines) is 1. The predicted molar refractivity (Wildman–Crippen MR) is 85.3 cm³/mol. The summed E-state index contributed by atoms with van der Waals surface area (Å²) in [5, 5.41) is 0. The highest BCUT2D eigenvalue weighted by Gasteiger charge is 2.44. The first-order valence-electron chi connectivity index (χ1n) is 7.81. The van der Waals surface area contributed by atoms with Crippen LogP contribution in [0.3, 0.4) is 0 Å². The first-order chi connectivity index (χ1) is 10.6. The van der Waals surface area contributed by atoms with Gasteiger partial charge in [0.15, 0.2) is 5.76 Å². The van der Waals surface area contributed by atoms with Crippen LogP contribution in [0.15, 0.2) is 41.0 Å². The number of piperidine rings is 1. The van der Waals surface area contributed by atoms with Crippen molar-refractivity contribution in [2.24, 2.45) is 0 Å². The van der Waals surface area contributed by atoms with Crippen LogP contribution in [0.4, 0.5) is 5.69 Å². The van der Waals surface area contributed by atoms with Crippen molar-refractivity contribution < 1.29 is 9.21 Å². The Morgan fingerprint density at radius 3 is 2.95 bits per heavy atom. The van der Waals surface area contributed by atoms with Gasteiger partial charge in [-0.15, -0.1) is 0 Å².